The van der Waals surface area contributed by atoms with Crippen LogP contribution in [0.15, 0.2) is 6.07 Å². The Kier molecular flexibility index (Phi) is 3.49. The monoisotopic (exact) mass is 290 g/mol. The maximum atomic E-state index is 11.6. The van der Waals surface area contributed by atoms with Gasteiger partial charge in [-0.3, -0.25) is 0 Å². The molecule has 0 spiro atoms. The SMILES string of the molecule is CC(C)Cc1cc(Cl)n(C2(C)CCS(=O)(=O)C2)n1. The van der Waals surface area contributed by atoms with E-state index >= 15 is 0 Å². The highest BCUT2D eigenvalue weighted by atomic mass is 35.5. The van der Waals surface area contributed by atoms with Gasteiger partial charge in [0.25, 0.3) is 0 Å². The van der Waals surface area contributed by atoms with E-state index < -0.39 is 15.4 Å². The number of nitrogens with zero attached hydrogens (tertiary/aromatic N) is 2. The average Bonchev–Trinajstić information content (AvgIpc) is 2.68. The van der Waals surface area contributed by atoms with Gasteiger partial charge in [0.2, 0.25) is 0 Å². The number of sulfone groups is 1. The molecule has 4 nitrogen and oxygen atoms in total. The summed E-state index contributed by atoms with van der Waals surface area (Å²) in [5.74, 6) is 0.853. The Morgan fingerprint density at radius 1 is 1.56 bits per heavy atom. The summed E-state index contributed by atoms with van der Waals surface area (Å²) < 4.78 is 25.0. The zero-order chi connectivity index (χ0) is 13.6. The average molecular weight is 291 g/mol. The topological polar surface area (TPSA) is 52.0 Å². The van der Waals surface area contributed by atoms with Gasteiger partial charge in [0, 0.05) is 0 Å². The van der Waals surface area contributed by atoms with Crippen molar-refractivity contribution in [3.05, 3.63) is 16.9 Å². The van der Waals surface area contributed by atoms with Gasteiger partial charge in [0.15, 0.2) is 9.84 Å². The van der Waals surface area contributed by atoms with Crippen molar-refractivity contribution in [3.63, 3.8) is 0 Å². The minimum absolute atomic E-state index is 0.127. The van der Waals surface area contributed by atoms with Crippen LogP contribution in [-0.4, -0.2) is 29.7 Å². The van der Waals surface area contributed by atoms with E-state index in [2.05, 4.69) is 18.9 Å². The van der Waals surface area contributed by atoms with E-state index in [1.54, 1.807) is 4.68 Å². The Morgan fingerprint density at radius 3 is 2.72 bits per heavy atom. The fourth-order valence-corrected chi connectivity index (χ4v) is 4.94. The van der Waals surface area contributed by atoms with Gasteiger partial charge in [-0.25, -0.2) is 13.1 Å². The molecule has 0 saturated carbocycles. The fraction of sp³-hybridized carbons (Fsp3) is 0.750. The number of aromatic nitrogens is 2. The van der Waals surface area contributed by atoms with Crippen molar-refractivity contribution in [3.8, 4) is 0 Å². The minimum atomic E-state index is -2.95. The van der Waals surface area contributed by atoms with Crippen molar-refractivity contribution in [1.82, 2.24) is 9.78 Å². The molecule has 1 saturated heterocycles. The summed E-state index contributed by atoms with van der Waals surface area (Å²) >= 11 is 6.20. The first-order valence-electron chi connectivity index (χ1n) is 6.17. The zero-order valence-electron chi connectivity index (χ0n) is 11.0. The molecule has 1 atom stereocenters. The van der Waals surface area contributed by atoms with Crippen LogP contribution < -0.4 is 0 Å². The van der Waals surface area contributed by atoms with Crippen LogP contribution in [0.25, 0.3) is 0 Å². The minimum Gasteiger partial charge on any atom is -0.247 e. The van der Waals surface area contributed by atoms with Gasteiger partial charge in [-0.2, -0.15) is 5.10 Å². The molecule has 18 heavy (non-hydrogen) atoms. The van der Waals surface area contributed by atoms with Gasteiger partial charge >= 0.3 is 0 Å². The molecule has 1 aliphatic rings. The molecule has 0 aliphatic carbocycles. The first kappa shape index (κ1) is 13.9. The molecule has 0 aromatic carbocycles. The highest BCUT2D eigenvalue weighted by Crippen LogP contribution is 2.33. The van der Waals surface area contributed by atoms with Crippen LogP contribution >= 0.6 is 11.6 Å². The molecule has 1 aromatic heterocycles. The van der Waals surface area contributed by atoms with E-state index in [1.807, 2.05) is 13.0 Å². The number of hydrogen-bond acceptors (Lipinski definition) is 3. The standard InChI is InChI=1S/C12H19ClN2O2S/c1-9(2)6-10-7-11(13)15(14-10)12(3)4-5-18(16,17)8-12/h7,9H,4-6,8H2,1-3H3. The van der Waals surface area contributed by atoms with Crippen LogP contribution in [0.2, 0.25) is 5.15 Å². The molecule has 2 rings (SSSR count). The summed E-state index contributed by atoms with van der Waals surface area (Å²) in [4.78, 5) is 0. The zero-order valence-corrected chi connectivity index (χ0v) is 12.6. The third-order valence-corrected chi connectivity index (χ3v) is 5.48. The molecule has 0 bridgehead atoms. The summed E-state index contributed by atoms with van der Waals surface area (Å²) in [5, 5.41) is 5.02. The number of hydrogen-bond donors (Lipinski definition) is 0. The van der Waals surface area contributed by atoms with Crippen LogP contribution in [0, 0.1) is 5.92 Å². The van der Waals surface area contributed by atoms with Crippen molar-refractivity contribution >= 4 is 21.4 Å². The molecule has 1 aromatic rings. The van der Waals surface area contributed by atoms with Crippen molar-refractivity contribution in [1.29, 1.82) is 0 Å². The maximum Gasteiger partial charge on any atom is 0.152 e. The van der Waals surface area contributed by atoms with Gasteiger partial charge < -0.3 is 0 Å². The van der Waals surface area contributed by atoms with E-state index in [0.29, 0.717) is 17.5 Å². The van der Waals surface area contributed by atoms with E-state index in [9.17, 15) is 8.42 Å². The Balaban J connectivity index is 2.31. The molecule has 1 aliphatic heterocycles. The summed E-state index contributed by atoms with van der Waals surface area (Å²) in [7, 11) is -2.95. The lowest BCUT2D eigenvalue weighted by molar-refractivity contribution is 0.326. The Bertz CT molecular complexity index is 550. The van der Waals surface area contributed by atoms with Crippen molar-refractivity contribution in [2.75, 3.05) is 11.5 Å². The van der Waals surface area contributed by atoms with Gasteiger partial charge in [0.1, 0.15) is 5.15 Å². The molecule has 0 amide bonds. The van der Waals surface area contributed by atoms with Crippen molar-refractivity contribution in [2.24, 2.45) is 5.92 Å². The molecule has 0 N–H and O–H groups in total. The fourth-order valence-electron chi connectivity index (χ4n) is 2.46. The van der Waals surface area contributed by atoms with Crippen LogP contribution in [0.4, 0.5) is 0 Å². The largest absolute Gasteiger partial charge is 0.247 e. The normalized spacial score (nSPS) is 26.9. The number of rotatable bonds is 3. The maximum absolute atomic E-state index is 11.6. The third kappa shape index (κ3) is 2.72. The Morgan fingerprint density at radius 2 is 2.22 bits per heavy atom. The lowest BCUT2D eigenvalue weighted by Crippen LogP contribution is -2.32. The highest BCUT2D eigenvalue weighted by Gasteiger charge is 2.41. The molecule has 6 heteroatoms. The predicted molar refractivity (Wildman–Crippen MR) is 72.7 cm³/mol. The summed E-state index contributed by atoms with van der Waals surface area (Å²) in [6.07, 6.45) is 1.44. The van der Waals surface area contributed by atoms with Gasteiger partial charge in [-0.15, -0.1) is 0 Å². The molecule has 2 heterocycles. The molecular weight excluding hydrogens is 272 g/mol. The van der Waals surface area contributed by atoms with Crippen molar-refractivity contribution < 1.29 is 8.42 Å². The summed E-state index contributed by atoms with van der Waals surface area (Å²) in [5.41, 5.74) is 0.436. The molecule has 0 radical (unpaired) electrons. The third-order valence-electron chi connectivity index (χ3n) is 3.33. The highest BCUT2D eigenvalue weighted by molar-refractivity contribution is 7.91. The van der Waals surface area contributed by atoms with Crippen LogP contribution in [0.1, 0.15) is 32.9 Å². The quantitative estimate of drug-likeness (QED) is 0.858. The molecular formula is C12H19ClN2O2S. The van der Waals surface area contributed by atoms with E-state index in [-0.39, 0.29) is 11.5 Å². The second-order valence-corrected chi connectivity index (χ2v) is 8.38. The van der Waals surface area contributed by atoms with E-state index in [4.69, 9.17) is 11.6 Å². The molecule has 1 unspecified atom stereocenters. The Labute approximate surface area is 113 Å². The second-order valence-electron chi connectivity index (χ2n) is 5.81. The lowest BCUT2D eigenvalue weighted by atomic mass is 10.0. The van der Waals surface area contributed by atoms with Gasteiger partial charge in [-0.05, 0) is 31.7 Å². The van der Waals surface area contributed by atoms with Crippen LogP contribution in [0.3, 0.4) is 0 Å². The van der Waals surface area contributed by atoms with E-state index in [1.165, 1.54) is 0 Å². The van der Waals surface area contributed by atoms with Crippen molar-refractivity contribution in [2.45, 2.75) is 39.2 Å². The molecule has 102 valence electrons. The predicted octanol–water partition coefficient (Wildman–Crippen LogP) is 2.27. The van der Waals surface area contributed by atoms with Crippen LogP contribution in [-0.2, 0) is 21.8 Å². The summed E-state index contributed by atoms with van der Waals surface area (Å²) in [6, 6.07) is 1.84. The van der Waals surface area contributed by atoms with Crippen LogP contribution in [0.5, 0.6) is 0 Å². The first-order chi connectivity index (χ1) is 8.22. The lowest BCUT2D eigenvalue weighted by Gasteiger charge is -2.23. The van der Waals surface area contributed by atoms with Gasteiger partial charge in [0.05, 0.1) is 22.7 Å². The molecule has 1 fully saturated rings. The Hall–Kier alpha value is -0.550. The first-order valence-corrected chi connectivity index (χ1v) is 8.37. The smallest absolute Gasteiger partial charge is 0.152 e. The van der Waals surface area contributed by atoms with Gasteiger partial charge in [-0.1, -0.05) is 25.4 Å². The summed E-state index contributed by atoms with van der Waals surface area (Å²) in [6.45, 7) is 6.15. The number of halogens is 1. The van der Waals surface area contributed by atoms with E-state index in [0.717, 1.165) is 12.1 Å². The second kappa shape index (κ2) is 4.53.